The summed E-state index contributed by atoms with van der Waals surface area (Å²) in [6.07, 6.45) is -4.68. The molecule has 44 heavy (non-hydrogen) atoms. The van der Waals surface area contributed by atoms with Crippen LogP contribution in [0.5, 0.6) is 0 Å². The van der Waals surface area contributed by atoms with E-state index in [1.165, 1.54) is 17.0 Å². The third kappa shape index (κ3) is 8.75. The first-order valence-corrected chi connectivity index (χ1v) is 15.8. The largest absolute Gasteiger partial charge is 0.417 e. The molecule has 0 aliphatic rings. The Morgan fingerprint density at radius 2 is 1.45 bits per heavy atom. The molecule has 0 saturated carbocycles. The van der Waals surface area contributed by atoms with E-state index in [2.05, 4.69) is 5.32 Å². The number of hydrogen-bond acceptors (Lipinski definition) is 4. The van der Waals surface area contributed by atoms with Gasteiger partial charge in [-0.1, -0.05) is 66.0 Å². The number of carbonyl (C=O) groups is 2. The maximum atomic E-state index is 14.1. The molecule has 0 bridgehead atoms. The highest BCUT2D eigenvalue weighted by atomic mass is 35.5. The van der Waals surface area contributed by atoms with Gasteiger partial charge in [-0.3, -0.25) is 13.9 Å². The molecule has 0 saturated heterocycles. The third-order valence-corrected chi connectivity index (χ3v) is 8.91. The highest BCUT2D eigenvalue weighted by molar-refractivity contribution is 7.92. The highest BCUT2D eigenvalue weighted by Crippen LogP contribution is 2.38. The van der Waals surface area contributed by atoms with E-state index in [1.807, 2.05) is 19.1 Å². The second kappa shape index (κ2) is 13.6. The zero-order valence-electron chi connectivity index (χ0n) is 25.5. The van der Waals surface area contributed by atoms with Crippen LogP contribution in [-0.2, 0) is 32.3 Å². The number of amides is 2. The number of nitrogens with one attached hydrogen (secondary N) is 1. The van der Waals surface area contributed by atoms with Crippen LogP contribution in [0.25, 0.3) is 0 Å². The fourth-order valence-electron chi connectivity index (χ4n) is 4.51. The molecule has 0 fully saturated rings. The number of nitrogens with zero attached hydrogens (tertiary/aromatic N) is 2. The van der Waals surface area contributed by atoms with Crippen molar-refractivity contribution in [3.8, 4) is 0 Å². The molecule has 238 valence electrons. The molecular weight excluding hydrogens is 615 g/mol. The van der Waals surface area contributed by atoms with Crippen LogP contribution in [-0.4, -0.2) is 43.3 Å². The SMILES string of the molecule is CCC(C(=O)NC(C)(C)C)N(Cc1ccc(C)cc1)C(=O)CN(c1ccc(Cl)c(C(F)(F)F)c1)S(=O)(=O)c1ccc(C)cc1. The van der Waals surface area contributed by atoms with E-state index in [0.717, 1.165) is 23.3 Å². The molecule has 3 rings (SSSR count). The minimum atomic E-state index is -4.88. The first-order chi connectivity index (χ1) is 20.3. The lowest BCUT2D eigenvalue weighted by Crippen LogP contribution is -2.55. The van der Waals surface area contributed by atoms with Gasteiger partial charge in [-0.2, -0.15) is 13.2 Å². The summed E-state index contributed by atoms with van der Waals surface area (Å²) in [5.74, 6) is -1.22. The molecule has 3 aromatic carbocycles. The fraction of sp³-hybridized carbons (Fsp3) is 0.375. The molecular formula is C32H37ClF3N3O4S. The molecule has 0 radical (unpaired) electrons. The fourth-order valence-corrected chi connectivity index (χ4v) is 6.15. The van der Waals surface area contributed by atoms with Gasteiger partial charge in [-0.25, -0.2) is 8.42 Å². The number of carbonyl (C=O) groups excluding carboxylic acids is 2. The first kappa shape index (κ1) is 34.9. The van der Waals surface area contributed by atoms with Crippen molar-refractivity contribution in [2.75, 3.05) is 10.8 Å². The monoisotopic (exact) mass is 651 g/mol. The standard InChI is InChI=1S/C32H37ClF3N3O4S/c1-7-28(30(41)37-31(4,5)6)38(19-23-12-8-21(2)9-13-23)29(40)20-39(44(42,43)25-15-10-22(3)11-16-25)24-14-17-27(33)26(18-24)32(34,35)36/h8-18,28H,7,19-20H2,1-6H3,(H,37,41). The number of sulfonamides is 1. The van der Waals surface area contributed by atoms with E-state index in [9.17, 15) is 31.2 Å². The van der Waals surface area contributed by atoms with Gasteiger partial charge in [0.15, 0.2) is 0 Å². The van der Waals surface area contributed by atoms with Crippen molar-refractivity contribution in [1.82, 2.24) is 10.2 Å². The molecule has 0 spiro atoms. The Kier molecular flexibility index (Phi) is 10.8. The van der Waals surface area contributed by atoms with Gasteiger partial charge in [-0.15, -0.1) is 0 Å². The van der Waals surface area contributed by atoms with Crippen LogP contribution in [0.2, 0.25) is 5.02 Å². The number of rotatable bonds is 10. The molecule has 0 aromatic heterocycles. The zero-order chi connectivity index (χ0) is 33.0. The summed E-state index contributed by atoms with van der Waals surface area (Å²) in [5, 5.41) is 2.25. The Balaban J connectivity index is 2.16. The molecule has 3 aromatic rings. The van der Waals surface area contributed by atoms with Gasteiger partial charge in [-0.05, 0) is 76.9 Å². The van der Waals surface area contributed by atoms with E-state index >= 15 is 0 Å². The summed E-state index contributed by atoms with van der Waals surface area (Å²) in [7, 11) is -4.56. The van der Waals surface area contributed by atoms with Crippen LogP contribution in [0.3, 0.4) is 0 Å². The maximum Gasteiger partial charge on any atom is 0.417 e. The Bertz CT molecular complexity index is 1590. The second-order valence-electron chi connectivity index (χ2n) is 11.7. The van der Waals surface area contributed by atoms with E-state index in [4.69, 9.17) is 11.6 Å². The normalized spacial score (nSPS) is 12.9. The minimum absolute atomic E-state index is 0.0397. The number of anilines is 1. The van der Waals surface area contributed by atoms with Crippen molar-refractivity contribution >= 4 is 39.1 Å². The Morgan fingerprint density at radius 3 is 1.95 bits per heavy atom. The zero-order valence-corrected chi connectivity index (χ0v) is 27.1. The highest BCUT2D eigenvalue weighted by Gasteiger charge is 2.37. The first-order valence-electron chi connectivity index (χ1n) is 14.0. The number of aryl methyl sites for hydroxylation is 2. The van der Waals surface area contributed by atoms with E-state index in [0.29, 0.717) is 15.9 Å². The minimum Gasteiger partial charge on any atom is -0.350 e. The predicted octanol–water partition coefficient (Wildman–Crippen LogP) is 6.89. The topological polar surface area (TPSA) is 86.8 Å². The van der Waals surface area contributed by atoms with Crippen molar-refractivity contribution in [1.29, 1.82) is 0 Å². The molecule has 2 amide bonds. The number of hydrogen-bond donors (Lipinski definition) is 1. The third-order valence-electron chi connectivity index (χ3n) is 6.79. The van der Waals surface area contributed by atoms with Crippen LogP contribution in [0.1, 0.15) is 56.4 Å². The average Bonchev–Trinajstić information content (AvgIpc) is 2.91. The Morgan fingerprint density at radius 1 is 0.909 bits per heavy atom. The van der Waals surface area contributed by atoms with Crippen LogP contribution in [0.15, 0.2) is 71.6 Å². The van der Waals surface area contributed by atoms with E-state index in [-0.39, 0.29) is 17.9 Å². The summed E-state index contributed by atoms with van der Waals surface area (Å²) < 4.78 is 70.0. The van der Waals surface area contributed by atoms with Gasteiger partial charge in [0.05, 0.1) is 21.2 Å². The number of benzene rings is 3. The van der Waals surface area contributed by atoms with Crippen LogP contribution in [0, 0.1) is 13.8 Å². The summed E-state index contributed by atoms with van der Waals surface area (Å²) in [6.45, 7) is 9.83. The van der Waals surface area contributed by atoms with Crippen molar-refractivity contribution in [2.24, 2.45) is 0 Å². The molecule has 0 aliphatic carbocycles. The van der Waals surface area contributed by atoms with Gasteiger partial charge in [0.2, 0.25) is 11.8 Å². The van der Waals surface area contributed by atoms with E-state index in [1.54, 1.807) is 58.9 Å². The van der Waals surface area contributed by atoms with Gasteiger partial charge in [0.25, 0.3) is 10.0 Å². The molecule has 1 atom stereocenters. The van der Waals surface area contributed by atoms with Crippen molar-refractivity contribution in [2.45, 2.75) is 77.2 Å². The van der Waals surface area contributed by atoms with Crippen LogP contribution < -0.4 is 9.62 Å². The predicted molar refractivity (Wildman–Crippen MR) is 166 cm³/mol. The van der Waals surface area contributed by atoms with Gasteiger partial charge in [0, 0.05) is 12.1 Å². The molecule has 1 N–H and O–H groups in total. The van der Waals surface area contributed by atoms with Gasteiger partial charge >= 0.3 is 6.18 Å². The smallest absolute Gasteiger partial charge is 0.350 e. The Labute approximate surface area is 262 Å². The molecule has 7 nitrogen and oxygen atoms in total. The summed E-state index contributed by atoms with van der Waals surface area (Å²) in [4.78, 5) is 28.6. The summed E-state index contributed by atoms with van der Waals surface area (Å²) in [6, 6.07) is 14.7. The van der Waals surface area contributed by atoms with Gasteiger partial charge in [0.1, 0.15) is 12.6 Å². The molecule has 1 unspecified atom stereocenters. The Hall–Kier alpha value is -3.57. The van der Waals surface area contributed by atoms with Crippen molar-refractivity contribution < 1.29 is 31.2 Å². The number of alkyl halides is 3. The quantitative estimate of drug-likeness (QED) is 0.259. The summed E-state index contributed by atoms with van der Waals surface area (Å²) >= 11 is 5.83. The molecule has 12 heteroatoms. The lowest BCUT2D eigenvalue weighted by Gasteiger charge is -2.35. The average molecular weight is 652 g/mol. The van der Waals surface area contributed by atoms with Crippen molar-refractivity contribution in [3.63, 3.8) is 0 Å². The molecule has 0 aliphatic heterocycles. The molecule has 0 heterocycles. The van der Waals surface area contributed by atoms with Crippen LogP contribution in [0.4, 0.5) is 18.9 Å². The van der Waals surface area contributed by atoms with Crippen molar-refractivity contribution in [3.05, 3.63) is 94.0 Å². The maximum absolute atomic E-state index is 14.1. The van der Waals surface area contributed by atoms with E-state index < -0.39 is 62.4 Å². The lowest BCUT2D eigenvalue weighted by atomic mass is 10.1. The second-order valence-corrected chi connectivity index (χ2v) is 13.9. The number of halogens is 4. The lowest BCUT2D eigenvalue weighted by molar-refractivity contribution is -0.141. The summed E-state index contributed by atoms with van der Waals surface area (Å²) in [5.41, 5.74) is 0.143. The van der Waals surface area contributed by atoms with Crippen LogP contribution >= 0.6 is 11.6 Å². The van der Waals surface area contributed by atoms with Gasteiger partial charge < -0.3 is 10.2 Å².